The summed E-state index contributed by atoms with van der Waals surface area (Å²) in [5.41, 5.74) is 1.19. The third kappa shape index (κ3) is 2.42. The lowest BCUT2D eigenvalue weighted by atomic mass is 10.1. The van der Waals surface area contributed by atoms with E-state index < -0.39 is 0 Å². The van der Waals surface area contributed by atoms with Crippen molar-refractivity contribution in [3.05, 3.63) is 35.9 Å². The molecule has 1 saturated heterocycles. The zero-order valence-electron chi connectivity index (χ0n) is 9.81. The van der Waals surface area contributed by atoms with Crippen molar-refractivity contribution < 1.29 is 4.79 Å². The number of piperazine rings is 1. The molecule has 0 saturated carbocycles. The summed E-state index contributed by atoms with van der Waals surface area (Å²) in [5, 5.41) is 3.25. The normalized spacial score (nSPS) is 25.9. The number of hydrogen-bond donors (Lipinski definition) is 1. The monoisotopic (exact) mass is 218 g/mol. The van der Waals surface area contributed by atoms with Gasteiger partial charge in [0.25, 0.3) is 0 Å². The Labute approximate surface area is 96.5 Å². The molecule has 1 heterocycles. The van der Waals surface area contributed by atoms with Crippen LogP contribution in [0.15, 0.2) is 30.3 Å². The minimum absolute atomic E-state index is 0.0625. The van der Waals surface area contributed by atoms with Gasteiger partial charge in [0.15, 0.2) is 0 Å². The van der Waals surface area contributed by atoms with Gasteiger partial charge in [-0.05, 0) is 19.4 Å². The molecule has 0 spiro atoms. The van der Waals surface area contributed by atoms with Gasteiger partial charge in [0.05, 0.1) is 6.04 Å². The van der Waals surface area contributed by atoms with Crippen LogP contribution in [0.2, 0.25) is 0 Å². The van der Waals surface area contributed by atoms with Crippen LogP contribution in [0.5, 0.6) is 0 Å². The first-order valence-corrected chi connectivity index (χ1v) is 5.75. The van der Waals surface area contributed by atoms with E-state index in [1.54, 1.807) is 0 Å². The Morgan fingerprint density at radius 3 is 2.69 bits per heavy atom. The smallest absolute Gasteiger partial charge is 0.239 e. The molecule has 1 amide bonds. The lowest BCUT2D eigenvalue weighted by Gasteiger charge is -2.35. The molecule has 3 heteroatoms. The highest BCUT2D eigenvalue weighted by molar-refractivity contribution is 5.82. The Balaban J connectivity index is 2.06. The van der Waals surface area contributed by atoms with Crippen molar-refractivity contribution >= 4 is 5.91 Å². The zero-order valence-corrected chi connectivity index (χ0v) is 9.81. The van der Waals surface area contributed by atoms with E-state index in [1.165, 1.54) is 5.56 Å². The summed E-state index contributed by atoms with van der Waals surface area (Å²) in [7, 11) is 0. The molecule has 1 aromatic rings. The topological polar surface area (TPSA) is 32.3 Å². The van der Waals surface area contributed by atoms with E-state index in [1.807, 2.05) is 30.0 Å². The summed E-state index contributed by atoms with van der Waals surface area (Å²) in [5.74, 6) is 0.196. The van der Waals surface area contributed by atoms with Gasteiger partial charge in [0.1, 0.15) is 0 Å². The number of carbonyl (C=O) groups excluding carboxylic acids is 1. The first-order chi connectivity index (χ1) is 7.66. The number of nitrogens with zero attached hydrogens (tertiary/aromatic N) is 1. The molecule has 0 aliphatic carbocycles. The Kier molecular flexibility index (Phi) is 3.25. The molecule has 1 fully saturated rings. The van der Waals surface area contributed by atoms with Gasteiger partial charge in [-0.1, -0.05) is 30.3 Å². The molecule has 1 aliphatic rings. The average molecular weight is 218 g/mol. The molecule has 0 aromatic heterocycles. The first kappa shape index (κ1) is 11.1. The van der Waals surface area contributed by atoms with E-state index in [9.17, 15) is 4.79 Å². The quantitative estimate of drug-likeness (QED) is 0.813. The van der Waals surface area contributed by atoms with E-state index >= 15 is 0 Å². The van der Waals surface area contributed by atoms with Crippen LogP contribution in [0.1, 0.15) is 19.4 Å². The number of nitrogens with one attached hydrogen (secondary N) is 1. The summed E-state index contributed by atoms with van der Waals surface area (Å²) >= 11 is 0. The van der Waals surface area contributed by atoms with Crippen LogP contribution in [0.3, 0.4) is 0 Å². The second-order valence-electron chi connectivity index (χ2n) is 4.49. The maximum absolute atomic E-state index is 11.9. The van der Waals surface area contributed by atoms with Gasteiger partial charge in [0.2, 0.25) is 5.91 Å². The highest BCUT2D eigenvalue weighted by atomic mass is 16.2. The molecule has 86 valence electrons. The van der Waals surface area contributed by atoms with Crippen LogP contribution in [-0.2, 0) is 11.3 Å². The van der Waals surface area contributed by atoms with Gasteiger partial charge in [-0.3, -0.25) is 4.79 Å². The fraction of sp³-hybridized carbons (Fsp3) is 0.462. The summed E-state index contributed by atoms with van der Waals surface area (Å²) in [4.78, 5) is 13.9. The highest BCUT2D eigenvalue weighted by Crippen LogP contribution is 2.11. The van der Waals surface area contributed by atoms with Crippen LogP contribution in [0.4, 0.5) is 0 Å². The molecule has 0 unspecified atom stereocenters. The Hall–Kier alpha value is -1.35. The maximum Gasteiger partial charge on any atom is 0.239 e. The van der Waals surface area contributed by atoms with Crippen LogP contribution in [-0.4, -0.2) is 29.4 Å². The number of hydrogen-bond acceptors (Lipinski definition) is 2. The van der Waals surface area contributed by atoms with Crippen molar-refractivity contribution in [2.24, 2.45) is 0 Å². The minimum Gasteiger partial charge on any atom is -0.335 e. The largest absolute Gasteiger partial charge is 0.335 e. The second-order valence-corrected chi connectivity index (χ2v) is 4.49. The molecule has 3 nitrogen and oxygen atoms in total. The Bertz CT molecular complexity index is 363. The van der Waals surface area contributed by atoms with Gasteiger partial charge in [-0.15, -0.1) is 0 Å². The SMILES string of the molecule is C[C@@H]1N[C@@H](C)CN(Cc2ccccc2)C1=O. The van der Waals surface area contributed by atoms with Crippen molar-refractivity contribution in [2.75, 3.05) is 6.54 Å². The van der Waals surface area contributed by atoms with Crippen molar-refractivity contribution in [3.8, 4) is 0 Å². The van der Waals surface area contributed by atoms with Crippen LogP contribution in [0, 0.1) is 0 Å². The molecule has 1 aromatic carbocycles. The van der Waals surface area contributed by atoms with Crippen molar-refractivity contribution in [1.82, 2.24) is 10.2 Å². The predicted octanol–water partition coefficient (Wildman–Crippen LogP) is 1.40. The van der Waals surface area contributed by atoms with Crippen molar-refractivity contribution in [3.63, 3.8) is 0 Å². The van der Waals surface area contributed by atoms with Gasteiger partial charge >= 0.3 is 0 Å². The fourth-order valence-electron chi connectivity index (χ4n) is 2.19. The molecular weight excluding hydrogens is 200 g/mol. The van der Waals surface area contributed by atoms with Gasteiger partial charge in [-0.2, -0.15) is 0 Å². The van der Waals surface area contributed by atoms with Crippen LogP contribution >= 0.6 is 0 Å². The summed E-state index contributed by atoms with van der Waals surface area (Å²) in [6.45, 7) is 5.55. The number of benzene rings is 1. The van der Waals surface area contributed by atoms with E-state index in [4.69, 9.17) is 0 Å². The van der Waals surface area contributed by atoms with Crippen molar-refractivity contribution in [2.45, 2.75) is 32.5 Å². The standard InChI is InChI=1S/C13H18N2O/c1-10-8-15(13(16)11(2)14-10)9-12-6-4-3-5-7-12/h3-7,10-11,14H,8-9H2,1-2H3/t10-,11-/m0/s1. The molecule has 0 radical (unpaired) electrons. The Morgan fingerprint density at radius 2 is 2.00 bits per heavy atom. The molecule has 1 aliphatic heterocycles. The molecule has 16 heavy (non-hydrogen) atoms. The third-order valence-corrected chi connectivity index (χ3v) is 2.93. The summed E-state index contributed by atoms with van der Waals surface area (Å²) < 4.78 is 0. The lowest BCUT2D eigenvalue weighted by molar-refractivity contribution is -0.136. The molecular formula is C13H18N2O. The minimum atomic E-state index is -0.0625. The van der Waals surface area contributed by atoms with E-state index in [-0.39, 0.29) is 11.9 Å². The van der Waals surface area contributed by atoms with E-state index in [2.05, 4.69) is 24.4 Å². The lowest BCUT2D eigenvalue weighted by Crippen LogP contribution is -2.57. The van der Waals surface area contributed by atoms with Crippen LogP contribution < -0.4 is 5.32 Å². The molecule has 2 atom stereocenters. The van der Waals surface area contributed by atoms with Crippen molar-refractivity contribution in [1.29, 1.82) is 0 Å². The number of carbonyl (C=O) groups is 1. The summed E-state index contributed by atoms with van der Waals surface area (Å²) in [6.07, 6.45) is 0. The highest BCUT2D eigenvalue weighted by Gasteiger charge is 2.28. The second kappa shape index (κ2) is 4.66. The maximum atomic E-state index is 11.9. The average Bonchev–Trinajstić information content (AvgIpc) is 2.27. The molecule has 1 N–H and O–H groups in total. The third-order valence-electron chi connectivity index (χ3n) is 2.93. The van der Waals surface area contributed by atoms with Gasteiger partial charge in [-0.25, -0.2) is 0 Å². The summed E-state index contributed by atoms with van der Waals surface area (Å²) in [6, 6.07) is 10.4. The number of rotatable bonds is 2. The predicted molar refractivity (Wildman–Crippen MR) is 63.9 cm³/mol. The van der Waals surface area contributed by atoms with E-state index in [0.717, 1.165) is 13.1 Å². The van der Waals surface area contributed by atoms with E-state index in [0.29, 0.717) is 6.04 Å². The Morgan fingerprint density at radius 1 is 1.31 bits per heavy atom. The molecule has 2 rings (SSSR count). The van der Waals surface area contributed by atoms with Gasteiger partial charge in [0, 0.05) is 19.1 Å². The van der Waals surface area contributed by atoms with Crippen LogP contribution in [0.25, 0.3) is 0 Å². The first-order valence-electron chi connectivity index (χ1n) is 5.75. The zero-order chi connectivity index (χ0) is 11.5. The number of amides is 1. The fourth-order valence-corrected chi connectivity index (χ4v) is 2.19. The molecule has 0 bridgehead atoms. The van der Waals surface area contributed by atoms with Gasteiger partial charge < -0.3 is 10.2 Å².